The molecule has 2 rings (SSSR count). The molecule has 1 heterocycles. The van der Waals surface area contributed by atoms with Gasteiger partial charge in [0.05, 0.1) is 0 Å². The SMILES string of the molecule is CNCc1cc(C)ccc1N1CC(C)C(C)C1. The third-order valence-corrected chi connectivity index (χ3v) is 3.93. The molecule has 1 saturated heterocycles. The molecular formula is C15H24N2. The molecule has 1 aliphatic rings. The predicted octanol–water partition coefficient (Wildman–Crippen LogP) is 2.81. The van der Waals surface area contributed by atoms with E-state index >= 15 is 0 Å². The zero-order valence-corrected chi connectivity index (χ0v) is 11.5. The summed E-state index contributed by atoms with van der Waals surface area (Å²) < 4.78 is 0. The molecule has 0 saturated carbocycles. The summed E-state index contributed by atoms with van der Waals surface area (Å²) in [5.41, 5.74) is 4.19. The number of rotatable bonds is 3. The number of anilines is 1. The average molecular weight is 232 g/mol. The van der Waals surface area contributed by atoms with Gasteiger partial charge in [0.25, 0.3) is 0 Å². The zero-order valence-electron chi connectivity index (χ0n) is 11.5. The van der Waals surface area contributed by atoms with Gasteiger partial charge in [0.15, 0.2) is 0 Å². The van der Waals surface area contributed by atoms with Crippen molar-refractivity contribution in [1.29, 1.82) is 0 Å². The number of nitrogens with zero attached hydrogens (tertiary/aromatic N) is 1. The normalized spacial score (nSPS) is 24.4. The molecule has 0 amide bonds. The minimum Gasteiger partial charge on any atom is -0.371 e. The van der Waals surface area contributed by atoms with Crippen molar-refractivity contribution < 1.29 is 0 Å². The zero-order chi connectivity index (χ0) is 12.4. The van der Waals surface area contributed by atoms with Crippen LogP contribution in [0.15, 0.2) is 18.2 Å². The van der Waals surface area contributed by atoms with E-state index < -0.39 is 0 Å². The molecule has 2 unspecified atom stereocenters. The average Bonchev–Trinajstić information content (AvgIpc) is 2.60. The van der Waals surface area contributed by atoms with Crippen molar-refractivity contribution in [1.82, 2.24) is 5.32 Å². The van der Waals surface area contributed by atoms with E-state index in [4.69, 9.17) is 0 Å². The van der Waals surface area contributed by atoms with Gasteiger partial charge in [0, 0.05) is 25.3 Å². The fourth-order valence-corrected chi connectivity index (χ4v) is 2.68. The molecule has 0 radical (unpaired) electrons. The summed E-state index contributed by atoms with van der Waals surface area (Å²) in [5.74, 6) is 1.61. The van der Waals surface area contributed by atoms with E-state index in [9.17, 15) is 0 Å². The highest BCUT2D eigenvalue weighted by Gasteiger charge is 2.27. The van der Waals surface area contributed by atoms with Crippen LogP contribution in [-0.4, -0.2) is 20.1 Å². The van der Waals surface area contributed by atoms with Gasteiger partial charge in [-0.2, -0.15) is 0 Å². The van der Waals surface area contributed by atoms with Crippen LogP contribution >= 0.6 is 0 Å². The van der Waals surface area contributed by atoms with E-state index in [0.717, 1.165) is 18.4 Å². The van der Waals surface area contributed by atoms with Crippen molar-refractivity contribution in [2.75, 3.05) is 25.0 Å². The molecule has 1 fully saturated rings. The van der Waals surface area contributed by atoms with Crippen LogP contribution in [0.4, 0.5) is 5.69 Å². The van der Waals surface area contributed by atoms with Crippen LogP contribution in [0.25, 0.3) is 0 Å². The summed E-state index contributed by atoms with van der Waals surface area (Å²) in [4.78, 5) is 2.54. The molecule has 2 heteroatoms. The van der Waals surface area contributed by atoms with Crippen LogP contribution in [-0.2, 0) is 6.54 Å². The monoisotopic (exact) mass is 232 g/mol. The molecule has 94 valence electrons. The van der Waals surface area contributed by atoms with Gasteiger partial charge in [-0.05, 0) is 37.4 Å². The molecule has 0 bridgehead atoms. The van der Waals surface area contributed by atoms with Crippen LogP contribution in [0.1, 0.15) is 25.0 Å². The second kappa shape index (κ2) is 5.09. The van der Waals surface area contributed by atoms with Gasteiger partial charge in [-0.25, -0.2) is 0 Å². The molecule has 1 aromatic rings. The summed E-state index contributed by atoms with van der Waals surface area (Å²) in [6.45, 7) is 10.2. The Hall–Kier alpha value is -1.02. The maximum absolute atomic E-state index is 3.27. The second-order valence-corrected chi connectivity index (χ2v) is 5.52. The highest BCUT2D eigenvalue weighted by Crippen LogP contribution is 2.30. The Morgan fingerprint density at radius 3 is 2.47 bits per heavy atom. The summed E-state index contributed by atoms with van der Waals surface area (Å²) in [6.07, 6.45) is 0. The maximum Gasteiger partial charge on any atom is 0.0412 e. The largest absolute Gasteiger partial charge is 0.371 e. The second-order valence-electron chi connectivity index (χ2n) is 5.52. The molecule has 1 aromatic carbocycles. The fourth-order valence-electron chi connectivity index (χ4n) is 2.68. The Morgan fingerprint density at radius 2 is 1.88 bits per heavy atom. The summed E-state index contributed by atoms with van der Waals surface area (Å²) in [5, 5.41) is 3.27. The lowest BCUT2D eigenvalue weighted by atomic mass is 10.0. The molecule has 2 nitrogen and oxygen atoms in total. The van der Waals surface area contributed by atoms with Gasteiger partial charge in [-0.1, -0.05) is 31.5 Å². The molecule has 17 heavy (non-hydrogen) atoms. The first-order valence-corrected chi connectivity index (χ1v) is 6.61. The Labute approximate surface area is 105 Å². The van der Waals surface area contributed by atoms with Crippen molar-refractivity contribution in [2.45, 2.75) is 27.3 Å². The lowest BCUT2D eigenvalue weighted by molar-refractivity contribution is 0.494. The maximum atomic E-state index is 3.27. The Balaban J connectivity index is 2.25. The number of nitrogens with one attached hydrogen (secondary N) is 1. The van der Waals surface area contributed by atoms with Crippen LogP contribution in [0.5, 0.6) is 0 Å². The van der Waals surface area contributed by atoms with Gasteiger partial charge in [0.1, 0.15) is 0 Å². The molecule has 1 N–H and O–H groups in total. The van der Waals surface area contributed by atoms with E-state index in [1.807, 2.05) is 7.05 Å². The Kier molecular flexibility index (Phi) is 3.72. The van der Waals surface area contributed by atoms with E-state index in [0.29, 0.717) is 0 Å². The van der Waals surface area contributed by atoms with Crippen LogP contribution < -0.4 is 10.2 Å². The van der Waals surface area contributed by atoms with Gasteiger partial charge >= 0.3 is 0 Å². The van der Waals surface area contributed by atoms with E-state index in [-0.39, 0.29) is 0 Å². The Bertz CT molecular complexity index is 377. The lowest BCUT2D eigenvalue weighted by Crippen LogP contribution is -2.22. The summed E-state index contributed by atoms with van der Waals surface area (Å²) in [7, 11) is 2.02. The summed E-state index contributed by atoms with van der Waals surface area (Å²) >= 11 is 0. The standard InChI is InChI=1S/C15H24N2/c1-11-5-6-15(14(7-11)8-16-4)17-9-12(2)13(3)10-17/h5-7,12-13,16H,8-10H2,1-4H3. The first kappa shape index (κ1) is 12.4. The van der Waals surface area contributed by atoms with E-state index in [2.05, 4.69) is 49.2 Å². The number of hydrogen-bond donors (Lipinski definition) is 1. The molecule has 1 aliphatic heterocycles. The highest BCUT2D eigenvalue weighted by molar-refractivity contribution is 5.55. The third-order valence-electron chi connectivity index (χ3n) is 3.93. The van der Waals surface area contributed by atoms with Crippen molar-refractivity contribution in [3.63, 3.8) is 0 Å². The highest BCUT2D eigenvalue weighted by atomic mass is 15.2. The van der Waals surface area contributed by atoms with E-state index in [1.165, 1.54) is 29.9 Å². The first-order valence-electron chi connectivity index (χ1n) is 6.61. The van der Waals surface area contributed by atoms with Gasteiger partial charge in [0.2, 0.25) is 0 Å². The molecule has 0 aromatic heterocycles. The Morgan fingerprint density at radius 1 is 1.24 bits per heavy atom. The van der Waals surface area contributed by atoms with E-state index in [1.54, 1.807) is 0 Å². The molecule has 0 spiro atoms. The van der Waals surface area contributed by atoms with Gasteiger partial charge in [-0.15, -0.1) is 0 Å². The first-order chi connectivity index (χ1) is 8.11. The summed E-state index contributed by atoms with van der Waals surface area (Å²) in [6, 6.07) is 6.81. The molecular weight excluding hydrogens is 208 g/mol. The lowest BCUT2D eigenvalue weighted by Gasteiger charge is -2.22. The van der Waals surface area contributed by atoms with Crippen LogP contribution in [0.2, 0.25) is 0 Å². The van der Waals surface area contributed by atoms with Crippen molar-refractivity contribution in [2.24, 2.45) is 11.8 Å². The topological polar surface area (TPSA) is 15.3 Å². The van der Waals surface area contributed by atoms with Crippen LogP contribution in [0.3, 0.4) is 0 Å². The predicted molar refractivity (Wildman–Crippen MR) is 74.5 cm³/mol. The van der Waals surface area contributed by atoms with Crippen LogP contribution in [0, 0.1) is 18.8 Å². The van der Waals surface area contributed by atoms with Gasteiger partial charge < -0.3 is 10.2 Å². The molecule has 0 aliphatic carbocycles. The minimum absolute atomic E-state index is 0.804. The van der Waals surface area contributed by atoms with Crippen molar-refractivity contribution in [3.8, 4) is 0 Å². The smallest absolute Gasteiger partial charge is 0.0412 e. The molecule has 2 atom stereocenters. The van der Waals surface area contributed by atoms with Crippen molar-refractivity contribution in [3.05, 3.63) is 29.3 Å². The number of hydrogen-bond acceptors (Lipinski definition) is 2. The quantitative estimate of drug-likeness (QED) is 0.862. The number of benzene rings is 1. The minimum atomic E-state index is 0.804. The third kappa shape index (κ3) is 2.63. The van der Waals surface area contributed by atoms with Gasteiger partial charge in [-0.3, -0.25) is 0 Å². The van der Waals surface area contributed by atoms with Crippen molar-refractivity contribution >= 4 is 5.69 Å². The number of aryl methyl sites for hydroxylation is 1. The fraction of sp³-hybridized carbons (Fsp3) is 0.600.